The van der Waals surface area contributed by atoms with Crippen LogP contribution in [0.25, 0.3) is 0 Å². The first kappa shape index (κ1) is 78.1. The molecule has 0 aromatic heterocycles. The third-order valence-electron chi connectivity index (χ3n) is 15.0. The normalized spacial score (nSPS) is 12.8. The van der Waals surface area contributed by atoms with Gasteiger partial charge in [-0.3, -0.25) is 14.4 Å². The fraction of sp³-hybridized carbons (Fsp3) is 0.724. The van der Waals surface area contributed by atoms with Crippen LogP contribution in [0.15, 0.2) is 109 Å². The number of ether oxygens (including phenoxy) is 3. The number of hydrogen-bond acceptors (Lipinski definition) is 6. The van der Waals surface area contributed by atoms with Crippen LogP contribution in [-0.4, -0.2) is 37.2 Å². The van der Waals surface area contributed by atoms with E-state index in [9.17, 15) is 14.4 Å². The van der Waals surface area contributed by atoms with Gasteiger partial charge in [0.25, 0.3) is 0 Å². The maximum atomic E-state index is 13.0. The standard InChI is InChI=1S/C76H130O6/c1-4-7-10-13-16-19-22-25-28-31-33-35-37-38-40-41-43-45-48-51-54-57-60-63-66-69-75(78)81-72-73(71-80-74(77)68-65-62-59-56-53-50-47-30-27-24-21-18-15-12-9-6-3)82-76(79)70-67-64-61-58-55-52-49-46-44-42-39-36-34-32-29-26-23-20-17-14-11-8-5-2/h8,11,17,20-21,24,26,29-31,33-34,36,42,44,47,49,52,73H,4-7,9-10,12-16,18-19,22-23,25,27-28,32,35,37-41,43,45-46,48,50-51,53-72H2,1-3H3/b11-8-,20-17-,24-21-,29-26-,33-31-,36-34-,44-42-,47-30-,52-49-. The van der Waals surface area contributed by atoms with Gasteiger partial charge in [0.15, 0.2) is 6.10 Å². The average Bonchev–Trinajstić information content (AvgIpc) is 3.47. The Balaban J connectivity index is 4.40. The van der Waals surface area contributed by atoms with Crippen molar-refractivity contribution in [3.63, 3.8) is 0 Å². The predicted octanol–water partition coefficient (Wildman–Crippen LogP) is 24.2. The number of esters is 3. The van der Waals surface area contributed by atoms with Gasteiger partial charge >= 0.3 is 17.9 Å². The summed E-state index contributed by atoms with van der Waals surface area (Å²) in [4.78, 5) is 38.4. The van der Waals surface area contributed by atoms with E-state index in [1.165, 1.54) is 161 Å². The van der Waals surface area contributed by atoms with Crippen molar-refractivity contribution in [3.05, 3.63) is 109 Å². The molecule has 0 aliphatic heterocycles. The van der Waals surface area contributed by atoms with Crippen LogP contribution >= 0.6 is 0 Å². The van der Waals surface area contributed by atoms with E-state index in [2.05, 4.69) is 130 Å². The molecule has 0 bridgehead atoms. The molecule has 470 valence electrons. The van der Waals surface area contributed by atoms with Gasteiger partial charge in [0, 0.05) is 19.3 Å². The van der Waals surface area contributed by atoms with Crippen LogP contribution in [0.4, 0.5) is 0 Å². The largest absolute Gasteiger partial charge is 0.462 e. The zero-order chi connectivity index (χ0) is 59.2. The van der Waals surface area contributed by atoms with Crippen LogP contribution in [0.2, 0.25) is 0 Å². The van der Waals surface area contributed by atoms with E-state index in [-0.39, 0.29) is 31.1 Å². The van der Waals surface area contributed by atoms with Gasteiger partial charge in [-0.25, -0.2) is 0 Å². The molecule has 0 saturated carbocycles. The van der Waals surface area contributed by atoms with Crippen molar-refractivity contribution in [2.45, 2.75) is 341 Å². The Hall–Kier alpha value is -3.93. The molecule has 0 saturated heterocycles. The van der Waals surface area contributed by atoms with Crippen molar-refractivity contribution >= 4 is 17.9 Å². The van der Waals surface area contributed by atoms with Crippen molar-refractivity contribution in [1.82, 2.24) is 0 Å². The van der Waals surface area contributed by atoms with Gasteiger partial charge in [0.2, 0.25) is 0 Å². The second-order valence-electron chi connectivity index (χ2n) is 23.1. The Bertz CT molecular complexity index is 1640. The molecule has 82 heavy (non-hydrogen) atoms. The molecule has 0 N–H and O–H groups in total. The SMILES string of the molecule is CC/C=C\C/C=C\C/C=C\C/C=C\C/C=C\C/C=C\CCCCCCC(=O)OC(COC(=O)CCCCCCC/C=C\C/C=C\CCCCCC)COC(=O)CCCCCCCCCCCCCCC/C=C\CCCCCCCCCC. The Morgan fingerprint density at radius 1 is 0.256 bits per heavy atom. The van der Waals surface area contributed by atoms with Crippen LogP contribution in [-0.2, 0) is 28.6 Å². The van der Waals surface area contributed by atoms with Crippen molar-refractivity contribution in [2.24, 2.45) is 0 Å². The van der Waals surface area contributed by atoms with Crippen LogP contribution < -0.4 is 0 Å². The van der Waals surface area contributed by atoms with Gasteiger partial charge in [0.05, 0.1) is 0 Å². The summed E-state index contributed by atoms with van der Waals surface area (Å²) in [6, 6.07) is 0. The number of hydrogen-bond donors (Lipinski definition) is 0. The number of carbonyl (C=O) groups excluding carboxylic acids is 3. The van der Waals surface area contributed by atoms with Gasteiger partial charge in [-0.1, -0.05) is 297 Å². The zero-order valence-electron chi connectivity index (χ0n) is 54.0. The van der Waals surface area contributed by atoms with Crippen molar-refractivity contribution < 1.29 is 28.6 Å². The maximum absolute atomic E-state index is 13.0. The zero-order valence-corrected chi connectivity index (χ0v) is 54.0. The minimum Gasteiger partial charge on any atom is -0.462 e. The molecule has 0 spiro atoms. The second-order valence-corrected chi connectivity index (χ2v) is 23.1. The lowest BCUT2D eigenvalue weighted by Gasteiger charge is -2.18. The molecular weight excluding hydrogens is 1010 g/mol. The highest BCUT2D eigenvalue weighted by Gasteiger charge is 2.19. The Morgan fingerprint density at radius 2 is 0.476 bits per heavy atom. The lowest BCUT2D eigenvalue weighted by Crippen LogP contribution is -2.30. The number of unbranched alkanes of at least 4 members (excludes halogenated alkanes) is 34. The Labute approximate surface area is 508 Å². The van der Waals surface area contributed by atoms with E-state index in [1.54, 1.807) is 0 Å². The third kappa shape index (κ3) is 66.9. The molecule has 6 heteroatoms. The van der Waals surface area contributed by atoms with E-state index in [1.807, 2.05) is 0 Å². The van der Waals surface area contributed by atoms with Gasteiger partial charge in [-0.05, 0) is 128 Å². The average molecular weight is 1140 g/mol. The van der Waals surface area contributed by atoms with E-state index in [0.29, 0.717) is 19.3 Å². The monoisotopic (exact) mass is 1140 g/mol. The lowest BCUT2D eigenvalue weighted by atomic mass is 10.0. The van der Waals surface area contributed by atoms with Crippen LogP contribution in [0.3, 0.4) is 0 Å². The molecule has 0 aliphatic carbocycles. The van der Waals surface area contributed by atoms with Gasteiger partial charge < -0.3 is 14.2 Å². The summed E-state index contributed by atoms with van der Waals surface area (Å²) in [5, 5.41) is 0. The summed E-state index contributed by atoms with van der Waals surface area (Å²) in [5.74, 6) is -0.921. The molecule has 0 amide bonds. The number of rotatable bonds is 63. The minimum atomic E-state index is -0.802. The molecule has 0 rings (SSSR count). The lowest BCUT2D eigenvalue weighted by molar-refractivity contribution is -0.167. The minimum absolute atomic E-state index is 0.0929. The van der Waals surface area contributed by atoms with Crippen LogP contribution in [0.1, 0.15) is 335 Å². The van der Waals surface area contributed by atoms with Gasteiger partial charge in [-0.15, -0.1) is 0 Å². The fourth-order valence-electron chi connectivity index (χ4n) is 9.77. The molecule has 6 nitrogen and oxygen atoms in total. The first-order valence-corrected chi connectivity index (χ1v) is 34.9. The van der Waals surface area contributed by atoms with E-state index in [0.717, 1.165) is 135 Å². The highest BCUT2D eigenvalue weighted by Crippen LogP contribution is 2.16. The highest BCUT2D eigenvalue weighted by molar-refractivity contribution is 5.71. The summed E-state index contributed by atoms with van der Waals surface area (Å²) in [6.07, 6.45) is 95.3. The summed E-state index contributed by atoms with van der Waals surface area (Å²) >= 11 is 0. The molecule has 1 unspecified atom stereocenters. The molecular formula is C76H130O6. The first-order chi connectivity index (χ1) is 40.5. The van der Waals surface area contributed by atoms with Crippen molar-refractivity contribution in [1.29, 1.82) is 0 Å². The second kappa shape index (κ2) is 69.6. The van der Waals surface area contributed by atoms with E-state index < -0.39 is 6.10 Å². The molecule has 0 aromatic rings. The van der Waals surface area contributed by atoms with Crippen molar-refractivity contribution in [3.8, 4) is 0 Å². The smallest absolute Gasteiger partial charge is 0.306 e. The molecule has 1 atom stereocenters. The molecule has 0 radical (unpaired) electrons. The summed E-state index contributed by atoms with van der Waals surface area (Å²) in [5.41, 5.74) is 0. The molecule has 0 heterocycles. The molecule has 0 aromatic carbocycles. The molecule has 0 fully saturated rings. The van der Waals surface area contributed by atoms with Gasteiger partial charge in [-0.2, -0.15) is 0 Å². The van der Waals surface area contributed by atoms with E-state index >= 15 is 0 Å². The first-order valence-electron chi connectivity index (χ1n) is 34.9. The number of allylic oxidation sites excluding steroid dienone is 18. The fourth-order valence-corrected chi connectivity index (χ4v) is 9.77. The third-order valence-corrected chi connectivity index (χ3v) is 15.0. The number of carbonyl (C=O) groups is 3. The molecule has 0 aliphatic rings. The predicted molar refractivity (Wildman–Crippen MR) is 357 cm³/mol. The maximum Gasteiger partial charge on any atom is 0.306 e. The summed E-state index contributed by atoms with van der Waals surface area (Å²) in [6.45, 7) is 6.51. The summed E-state index contributed by atoms with van der Waals surface area (Å²) < 4.78 is 17.0. The quantitative estimate of drug-likeness (QED) is 0.0261. The highest BCUT2D eigenvalue weighted by atomic mass is 16.6. The topological polar surface area (TPSA) is 78.9 Å². The van der Waals surface area contributed by atoms with Crippen molar-refractivity contribution in [2.75, 3.05) is 13.2 Å². The van der Waals surface area contributed by atoms with Crippen LogP contribution in [0, 0.1) is 0 Å². The Kier molecular flexibility index (Phi) is 66.2. The Morgan fingerprint density at radius 3 is 0.768 bits per heavy atom. The van der Waals surface area contributed by atoms with Gasteiger partial charge in [0.1, 0.15) is 13.2 Å². The summed E-state index contributed by atoms with van der Waals surface area (Å²) in [7, 11) is 0. The van der Waals surface area contributed by atoms with E-state index in [4.69, 9.17) is 14.2 Å². The van der Waals surface area contributed by atoms with Crippen LogP contribution in [0.5, 0.6) is 0 Å².